The molecule has 0 bridgehead atoms. The minimum Gasteiger partial charge on any atom is -0.481 e. The third-order valence-corrected chi connectivity index (χ3v) is 5.44. The third-order valence-electron chi connectivity index (χ3n) is 4.05. The van der Waals surface area contributed by atoms with Crippen LogP contribution in [0.4, 0.5) is 0 Å². The van der Waals surface area contributed by atoms with Crippen LogP contribution in [0.15, 0.2) is 30.3 Å². The predicted octanol–water partition coefficient (Wildman–Crippen LogP) is 3.02. The molecule has 0 saturated heterocycles. The van der Waals surface area contributed by atoms with Gasteiger partial charge in [-0.1, -0.05) is 30.3 Å². The van der Waals surface area contributed by atoms with Crippen LogP contribution in [0.2, 0.25) is 0 Å². The second-order valence-electron chi connectivity index (χ2n) is 5.85. The molecule has 1 aliphatic carbocycles. The lowest BCUT2D eigenvalue weighted by molar-refractivity contribution is -0.140. The summed E-state index contributed by atoms with van der Waals surface area (Å²) in [5.74, 6) is -1.99. The molecule has 0 radical (unpaired) electrons. The molecular formula is C17H18N2O3S. The Kier molecular flexibility index (Phi) is 4.17. The van der Waals surface area contributed by atoms with Crippen LogP contribution in [0, 0.1) is 18.8 Å². The number of carbonyl (C=O) groups is 2. The minimum absolute atomic E-state index is 0.174. The quantitative estimate of drug-likeness (QED) is 0.883. The highest BCUT2D eigenvalue weighted by molar-refractivity contribution is 7.15. The Hall–Kier alpha value is -2.21. The minimum atomic E-state index is -0.891. The normalized spacial score (nSPS) is 20.8. The summed E-state index contributed by atoms with van der Waals surface area (Å²) < 4.78 is 0. The highest BCUT2D eigenvalue weighted by Crippen LogP contribution is 2.39. The number of nitrogens with one attached hydrogen (secondary N) is 1. The maximum atomic E-state index is 12.1. The van der Waals surface area contributed by atoms with E-state index in [2.05, 4.69) is 10.3 Å². The average Bonchev–Trinajstić information content (AvgIpc) is 3.25. The lowest BCUT2D eigenvalue weighted by atomic mass is 10.2. The molecular weight excluding hydrogens is 312 g/mol. The van der Waals surface area contributed by atoms with E-state index >= 15 is 0 Å². The van der Waals surface area contributed by atoms with Crippen LogP contribution in [0.25, 0.3) is 10.6 Å². The second kappa shape index (κ2) is 6.12. The van der Waals surface area contributed by atoms with E-state index in [0.29, 0.717) is 6.42 Å². The van der Waals surface area contributed by atoms with E-state index in [1.165, 1.54) is 0 Å². The molecule has 3 rings (SSSR count). The molecule has 2 aromatic rings. The predicted molar refractivity (Wildman–Crippen MR) is 88.1 cm³/mol. The molecule has 0 aliphatic heterocycles. The van der Waals surface area contributed by atoms with Crippen molar-refractivity contribution in [2.24, 2.45) is 11.8 Å². The van der Waals surface area contributed by atoms with Gasteiger partial charge in [-0.2, -0.15) is 0 Å². The van der Waals surface area contributed by atoms with E-state index in [1.54, 1.807) is 11.3 Å². The fourth-order valence-electron chi connectivity index (χ4n) is 2.66. The number of rotatable bonds is 5. The number of hydrogen-bond donors (Lipinski definition) is 2. The Balaban J connectivity index is 1.71. The Bertz CT molecular complexity index is 742. The SMILES string of the molecule is Cc1nc(-c2ccccc2)sc1[C@H](C)NC(=O)[C@H]1C[C@@H]1C(=O)O. The first-order valence-corrected chi connectivity index (χ1v) is 8.35. The standard InChI is InChI=1S/C17H18N2O3S/c1-9(18-15(20)12-8-13(12)17(21)22)14-10(2)19-16(23-14)11-6-4-3-5-7-11/h3-7,9,12-13H,8H2,1-2H3,(H,18,20)(H,21,22)/t9-,12-,13-/m0/s1. The second-order valence-corrected chi connectivity index (χ2v) is 6.88. The van der Waals surface area contributed by atoms with Crippen molar-refractivity contribution in [1.82, 2.24) is 10.3 Å². The van der Waals surface area contributed by atoms with Crippen molar-refractivity contribution in [3.8, 4) is 10.6 Å². The van der Waals surface area contributed by atoms with E-state index in [1.807, 2.05) is 44.2 Å². The van der Waals surface area contributed by atoms with Crippen molar-refractivity contribution < 1.29 is 14.7 Å². The number of nitrogens with zero attached hydrogens (tertiary/aromatic N) is 1. The lowest BCUT2D eigenvalue weighted by Crippen LogP contribution is -2.29. The number of carboxylic acids is 1. The van der Waals surface area contributed by atoms with Gasteiger partial charge in [0.15, 0.2) is 0 Å². The van der Waals surface area contributed by atoms with Crippen molar-refractivity contribution >= 4 is 23.2 Å². The summed E-state index contributed by atoms with van der Waals surface area (Å²) in [5.41, 5.74) is 1.95. The topological polar surface area (TPSA) is 79.3 Å². The zero-order valence-electron chi connectivity index (χ0n) is 12.9. The number of thiazole rings is 1. The van der Waals surface area contributed by atoms with Gasteiger partial charge in [-0.25, -0.2) is 4.98 Å². The largest absolute Gasteiger partial charge is 0.481 e. The molecule has 23 heavy (non-hydrogen) atoms. The zero-order chi connectivity index (χ0) is 16.6. The van der Waals surface area contributed by atoms with Gasteiger partial charge in [-0.15, -0.1) is 11.3 Å². The molecule has 1 heterocycles. The van der Waals surface area contributed by atoms with Crippen LogP contribution in [0.3, 0.4) is 0 Å². The monoisotopic (exact) mass is 330 g/mol. The van der Waals surface area contributed by atoms with Crippen LogP contribution < -0.4 is 5.32 Å². The van der Waals surface area contributed by atoms with Gasteiger partial charge in [0.05, 0.1) is 28.4 Å². The Morgan fingerprint density at radius 1 is 1.30 bits per heavy atom. The Morgan fingerprint density at radius 3 is 2.61 bits per heavy atom. The number of aliphatic carboxylic acids is 1. The highest BCUT2D eigenvalue weighted by Gasteiger charge is 2.48. The van der Waals surface area contributed by atoms with Gasteiger partial charge >= 0.3 is 5.97 Å². The Labute approximate surface area is 138 Å². The van der Waals surface area contributed by atoms with Gasteiger partial charge in [0, 0.05) is 5.56 Å². The molecule has 3 atom stereocenters. The number of carboxylic acid groups (broad SMARTS) is 1. The smallest absolute Gasteiger partial charge is 0.307 e. The van der Waals surface area contributed by atoms with Crippen molar-refractivity contribution in [2.45, 2.75) is 26.3 Å². The zero-order valence-corrected chi connectivity index (χ0v) is 13.8. The van der Waals surface area contributed by atoms with Crippen LogP contribution in [0.5, 0.6) is 0 Å². The fourth-order valence-corrected chi connectivity index (χ4v) is 3.73. The molecule has 0 unspecified atom stereocenters. The number of amides is 1. The molecule has 1 aromatic heterocycles. The first kappa shape index (κ1) is 15.7. The molecule has 1 fully saturated rings. The molecule has 1 aromatic carbocycles. The van der Waals surface area contributed by atoms with Gasteiger partial charge in [0.1, 0.15) is 5.01 Å². The van der Waals surface area contributed by atoms with E-state index in [0.717, 1.165) is 21.1 Å². The summed E-state index contributed by atoms with van der Waals surface area (Å²) in [4.78, 5) is 28.6. The maximum Gasteiger partial charge on any atom is 0.307 e. The summed E-state index contributed by atoms with van der Waals surface area (Å²) in [5, 5.41) is 12.8. The molecule has 1 amide bonds. The van der Waals surface area contributed by atoms with Gasteiger partial charge in [0.2, 0.25) is 5.91 Å². The first-order valence-electron chi connectivity index (χ1n) is 7.53. The van der Waals surface area contributed by atoms with E-state index < -0.39 is 17.8 Å². The number of carbonyl (C=O) groups excluding carboxylic acids is 1. The van der Waals surface area contributed by atoms with Crippen LogP contribution in [0.1, 0.15) is 30.0 Å². The van der Waals surface area contributed by atoms with Gasteiger partial charge in [-0.3, -0.25) is 9.59 Å². The highest BCUT2D eigenvalue weighted by atomic mass is 32.1. The molecule has 5 nitrogen and oxygen atoms in total. The average molecular weight is 330 g/mol. The van der Waals surface area contributed by atoms with Crippen LogP contribution in [-0.4, -0.2) is 22.0 Å². The van der Waals surface area contributed by atoms with Crippen molar-refractivity contribution in [3.05, 3.63) is 40.9 Å². The number of hydrogen-bond acceptors (Lipinski definition) is 4. The van der Waals surface area contributed by atoms with Crippen LogP contribution in [-0.2, 0) is 9.59 Å². The maximum absolute atomic E-state index is 12.1. The number of benzene rings is 1. The number of aryl methyl sites for hydroxylation is 1. The van der Waals surface area contributed by atoms with Gasteiger partial charge in [-0.05, 0) is 20.3 Å². The molecule has 120 valence electrons. The van der Waals surface area contributed by atoms with E-state index in [4.69, 9.17) is 5.11 Å². The third kappa shape index (κ3) is 3.27. The van der Waals surface area contributed by atoms with Crippen molar-refractivity contribution in [1.29, 1.82) is 0 Å². The van der Waals surface area contributed by atoms with E-state index in [-0.39, 0.29) is 11.9 Å². The number of aromatic nitrogens is 1. The molecule has 1 saturated carbocycles. The molecule has 0 spiro atoms. The van der Waals surface area contributed by atoms with Crippen molar-refractivity contribution in [2.75, 3.05) is 0 Å². The summed E-state index contributed by atoms with van der Waals surface area (Å²) >= 11 is 1.56. The van der Waals surface area contributed by atoms with Crippen LogP contribution >= 0.6 is 11.3 Å². The first-order chi connectivity index (χ1) is 11.0. The molecule has 2 N–H and O–H groups in total. The lowest BCUT2D eigenvalue weighted by Gasteiger charge is -2.12. The van der Waals surface area contributed by atoms with Gasteiger partial charge in [0.25, 0.3) is 0 Å². The molecule has 1 aliphatic rings. The van der Waals surface area contributed by atoms with Crippen molar-refractivity contribution in [3.63, 3.8) is 0 Å². The Morgan fingerprint density at radius 2 is 2.00 bits per heavy atom. The van der Waals surface area contributed by atoms with E-state index in [9.17, 15) is 9.59 Å². The fraction of sp³-hybridized carbons (Fsp3) is 0.353. The summed E-state index contributed by atoms with van der Waals surface area (Å²) in [6, 6.07) is 9.74. The molecule has 6 heteroatoms. The van der Waals surface area contributed by atoms with Gasteiger partial charge < -0.3 is 10.4 Å². The summed E-state index contributed by atoms with van der Waals surface area (Å²) in [6.45, 7) is 3.84. The summed E-state index contributed by atoms with van der Waals surface area (Å²) in [6.07, 6.45) is 0.435. The summed E-state index contributed by atoms with van der Waals surface area (Å²) in [7, 11) is 0.